The van der Waals surface area contributed by atoms with E-state index in [0.717, 1.165) is 5.56 Å². The molecule has 2 heterocycles. The average Bonchev–Trinajstić information content (AvgIpc) is 3.46. The Morgan fingerprint density at radius 1 is 1.09 bits per heavy atom. The second-order valence-electron chi connectivity index (χ2n) is 7.55. The molecule has 1 atom stereocenters. The van der Waals surface area contributed by atoms with Crippen LogP contribution in [0.25, 0.3) is 0 Å². The maximum absolute atomic E-state index is 13.3. The van der Waals surface area contributed by atoms with Crippen molar-refractivity contribution in [3.8, 4) is 11.5 Å². The number of Topliss-reactive ketones (excluding diaryl/α,β-unsaturated/α-hetero) is 1. The van der Waals surface area contributed by atoms with Gasteiger partial charge in [0.25, 0.3) is 5.91 Å². The maximum atomic E-state index is 13.3. The van der Waals surface area contributed by atoms with E-state index >= 15 is 0 Å². The van der Waals surface area contributed by atoms with Gasteiger partial charge in [0.15, 0.2) is 17.3 Å². The number of carbonyl (C=O) groups excluding carboxylic acids is 2. The zero-order valence-electron chi connectivity index (χ0n) is 18.5. The fourth-order valence-corrected chi connectivity index (χ4v) is 4.70. The SMILES string of the molecule is CCOc1ccc(C2C(C(=O)c3cccs3)=C(O)C(=O)N2CCc2ccccc2)cc1OC. The van der Waals surface area contributed by atoms with E-state index in [4.69, 9.17) is 9.47 Å². The zero-order valence-corrected chi connectivity index (χ0v) is 19.3. The van der Waals surface area contributed by atoms with Gasteiger partial charge in [0, 0.05) is 6.54 Å². The van der Waals surface area contributed by atoms with Crippen molar-refractivity contribution in [2.45, 2.75) is 19.4 Å². The highest BCUT2D eigenvalue weighted by Gasteiger charge is 2.44. The Labute approximate surface area is 196 Å². The summed E-state index contributed by atoms with van der Waals surface area (Å²) in [7, 11) is 1.54. The minimum Gasteiger partial charge on any atom is -0.503 e. The highest BCUT2D eigenvalue weighted by atomic mass is 32.1. The van der Waals surface area contributed by atoms with E-state index in [-0.39, 0.29) is 11.4 Å². The van der Waals surface area contributed by atoms with Crippen LogP contribution in [0, 0.1) is 0 Å². The number of rotatable bonds is 9. The first-order valence-electron chi connectivity index (χ1n) is 10.7. The van der Waals surface area contributed by atoms with Crippen LogP contribution in [0.4, 0.5) is 0 Å². The first kappa shape index (κ1) is 22.6. The summed E-state index contributed by atoms with van der Waals surface area (Å²) in [6, 6.07) is 17.9. The number of ether oxygens (including phenoxy) is 2. The first-order valence-corrected chi connectivity index (χ1v) is 11.6. The van der Waals surface area contributed by atoms with Crippen molar-refractivity contribution in [3.05, 3.63) is 93.4 Å². The third-order valence-corrected chi connectivity index (χ3v) is 6.45. The van der Waals surface area contributed by atoms with Crippen molar-refractivity contribution in [3.63, 3.8) is 0 Å². The summed E-state index contributed by atoms with van der Waals surface area (Å²) in [5.74, 6) is -0.332. The molecule has 3 aromatic rings. The number of aliphatic hydroxyl groups is 1. The third-order valence-electron chi connectivity index (χ3n) is 5.58. The Morgan fingerprint density at radius 2 is 1.88 bits per heavy atom. The summed E-state index contributed by atoms with van der Waals surface area (Å²) in [6.45, 7) is 2.70. The standard InChI is InChI=1S/C26H25NO5S/c1-3-32-19-12-11-18(16-20(19)31-2)23-22(24(28)21-10-7-15-33-21)25(29)26(30)27(23)14-13-17-8-5-4-6-9-17/h4-12,15-16,23,29H,3,13-14H2,1-2H3. The van der Waals surface area contributed by atoms with Gasteiger partial charge in [-0.1, -0.05) is 42.5 Å². The van der Waals surface area contributed by atoms with Crippen LogP contribution in [0.5, 0.6) is 11.5 Å². The van der Waals surface area contributed by atoms with E-state index in [1.165, 1.54) is 11.3 Å². The molecule has 1 aliphatic heterocycles. The predicted octanol–water partition coefficient (Wildman–Crippen LogP) is 4.98. The molecule has 170 valence electrons. The van der Waals surface area contributed by atoms with Crippen LogP contribution in [-0.2, 0) is 11.2 Å². The maximum Gasteiger partial charge on any atom is 0.290 e. The lowest BCUT2D eigenvalue weighted by molar-refractivity contribution is -0.129. The molecule has 0 spiro atoms. The van der Waals surface area contributed by atoms with Crippen LogP contribution in [0.2, 0.25) is 0 Å². The molecule has 0 saturated heterocycles. The summed E-state index contributed by atoms with van der Waals surface area (Å²) in [5.41, 5.74) is 1.81. The Bertz CT molecular complexity index is 1170. The molecule has 0 bridgehead atoms. The van der Waals surface area contributed by atoms with E-state index < -0.39 is 17.7 Å². The van der Waals surface area contributed by atoms with Crippen LogP contribution in [0.1, 0.15) is 33.8 Å². The molecule has 1 unspecified atom stereocenters. The van der Waals surface area contributed by atoms with Crippen molar-refractivity contribution < 1.29 is 24.2 Å². The molecule has 1 aromatic heterocycles. The Balaban J connectivity index is 1.75. The smallest absolute Gasteiger partial charge is 0.290 e. The number of hydrogen-bond donors (Lipinski definition) is 1. The monoisotopic (exact) mass is 463 g/mol. The lowest BCUT2D eigenvalue weighted by atomic mass is 9.95. The molecule has 0 saturated carbocycles. The molecule has 1 aliphatic rings. The average molecular weight is 464 g/mol. The predicted molar refractivity (Wildman–Crippen MR) is 127 cm³/mol. The summed E-state index contributed by atoms with van der Waals surface area (Å²) < 4.78 is 11.1. The number of carbonyl (C=O) groups is 2. The summed E-state index contributed by atoms with van der Waals surface area (Å²) in [5, 5.41) is 12.6. The van der Waals surface area contributed by atoms with Crippen LogP contribution in [-0.4, -0.2) is 42.0 Å². The highest BCUT2D eigenvalue weighted by molar-refractivity contribution is 7.12. The Hall–Kier alpha value is -3.58. The van der Waals surface area contributed by atoms with Crippen LogP contribution in [0.3, 0.4) is 0 Å². The van der Waals surface area contributed by atoms with E-state index in [1.54, 1.807) is 47.7 Å². The quantitative estimate of drug-likeness (QED) is 0.453. The molecule has 4 rings (SSSR count). The van der Waals surface area contributed by atoms with Gasteiger partial charge in [0.1, 0.15) is 0 Å². The first-order chi connectivity index (χ1) is 16.0. The highest BCUT2D eigenvalue weighted by Crippen LogP contribution is 2.42. The fourth-order valence-electron chi connectivity index (χ4n) is 4.03. The molecular formula is C26H25NO5S. The van der Waals surface area contributed by atoms with E-state index in [1.807, 2.05) is 37.3 Å². The number of amides is 1. The summed E-state index contributed by atoms with van der Waals surface area (Å²) in [4.78, 5) is 28.5. The van der Waals surface area contributed by atoms with Gasteiger partial charge in [0.05, 0.1) is 30.2 Å². The second-order valence-corrected chi connectivity index (χ2v) is 8.50. The second kappa shape index (κ2) is 9.92. The Kier molecular flexibility index (Phi) is 6.79. The Morgan fingerprint density at radius 3 is 2.55 bits per heavy atom. The minimum atomic E-state index is -0.736. The number of methoxy groups -OCH3 is 1. The van der Waals surface area contributed by atoms with Gasteiger partial charge in [-0.2, -0.15) is 0 Å². The normalized spacial score (nSPS) is 15.8. The van der Waals surface area contributed by atoms with Gasteiger partial charge in [-0.3, -0.25) is 9.59 Å². The van der Waals surface area contributed by atoms with E-state index in [9.17, 15) is 14.7 Å². The van der Waals surface area contributed by atoms with Gasteiger partial charge in [-0.15, -0.1) is 11.3 Å². The van der Waals surface area contributed by atoms with Crippen molar-refractivity contribution in [1.29, 1.82) is 0 Å². The van der Waals surface area contributed by atoms with Crippen molar-refractivity contribution in [2.24, 2.45) is 0 Å². The number of nitrogens with zero attached hydrogens (tertiary/aromatic N) is 1. The molecule has 6 nitrogen and oxygen atoms in total. The van der Waals surface area contributed by atoms with Gasteiger partial charge >= 0.3 is 0 Å². The van der Waals surface area contributed by atoms with E-state index in [2.05, 4.69) is 0 Å². The molecule has 1 N–H and O–H groups in total. The lowest BCUT2D eigenvalue weighted by Gasteiger charge is -2.27. The van der Waals surface area contributed by atoms with Gasteiger partial charge in [-0.05, 0) is 48.1 Å². The number of thiophene rings is 1. The zero-order chi connectivity index (χ0) is 23.4. The van der Waals surface area contributed by atoms with Crippen LogP contribution < -0.4 is 9.47 Å². The van der Waals surface area contributed by atoms with Crippen molar-refractivity contribution >= 4 is 23.0 Å². The number of hydrogen-bond acceptors (Lipinski definition) is 6. The van der Waals surface area contributed by atoms with Crippen molar-refractivity contribution in [2.75, 3.05) is 20.3 Å². The lowest BCUT2D eigenvalue weighted by Crippen LogP contribution is -2.33. The third kappa shape index (κ3) is 4.50. The molecule has 0 fully saturated rings. The molecular weight excluding hydrogens is 438 g/mol. The van der Waals surface area contributed by atoms with Gasteiger partial charge < -0.3 is 19.5 Å². The largest absolute Gasteiger partial charge is 0.503 e. The summed E-state index contributed by atoms with van der Waals surface area (Å²) in [6.07, 6.45) is 0.588. The molecule has 1 amide bonds. The fraction of sp³-hybridized carbons (Fsp3) is 0.231. The number of ketones is 1. The van der Waals surface area contributed by atoms with Crippen molar-refractivity contribution in [1.82, 2.24) is 4.90 Å². The topological polar surface area (TPSA) is 76.1 Å². The number of benzene rings is 2. The minimum absolute atomic E-state index is 0.0849. The molecule has 0 aliphatic carbocycles. The number of aliphatic hydroxyl groups excluding tert-OH is 1. The van der Waals surface area contributed by atoms with Gasteiger partial charge in [-0.25, -0.2) is 0 Å². The van der Waals surface area contributed by atoms with Crippen LogP contribution >= 0.6 is 11.3 Å². The van der Waals surface area contributed by atoms with Crippen LogP contribution in [0.15, 0.2) is 77.4 Å². The molecule has 33 heavy (non-hydrogen) atoms. The molecule has 2 aromatic carbocycles. The summed E-state index contributed by atoms with van der Waals surface area (Å²) >= 11 is 1.28. The molecule has 0 radical (unpaired) electrons. The van der Waals surface area contributed by atoms with Gasteiger partial charge in [0.2, 0.25) is 5.78 Å². The van der Waals surface area contributed by atoms with E-state index in [0.29, 0.717) is 41.5 Å². The molecule has 7 heteroatoms.